The van der Waals surface area contributed by atoms with Crippen LogP contribution in [0.3, 0.4) is 0 Å². The predicted molar refractivity (Wildman–Crippen MR) is 64.1 cm³/mol. The van der Waals surface area contributed by atoms with Crippen LogP contribution in [0.4, 0.5) is 0 Å². The van der Waals surface area contributed by atoms with E-state index < -0.39 is 0 Å². The second-order valence-corrected chi connectivity index (χ2v) is 3.63. The SMILES string of the molecule is Cc1nccc(Oc2ccccc2CCO)n1. The molecule has 4 nitrogen and oxygen atoms in total. The molecule has 88 valence electrons. The fourth-order valence-corrected chi connectivity index (χ4v) is 1.53. The lowest BCUT2D eigenvalue weighted by atomic mass is 10.1. The quantitative estimate of drug-likeness (QED) is 0.874. The molecule has 0 fully saturated rings. The van der Waals surface area contributed by atoms with Crippen LogP contribution < -0.4 is 4.74 Å². The zero-order chi connectivity index (χ0) is 12.1. The highest BCUT2D eigenvalue weighted by atomic mass is 16.5. The lowest BCUT2D eigenvalue weighted by Crippen LogP contribution is -1.97. The number of benzene rings is 1. The molecule has 0 unspecified atom stereocenters. The molecule has 0 amide bonds. The highest BCUT2D eigenvalue weighted by Crippen LogP contribution is 2.23. The smallest absolute Gasteiger partial charge is 0.222 e. The molecule has 1 aromatic heterocycles. The van der Waals surface area contributed by atoms with E-state index in [9.17, 15) is 0 Å². The van der Waals surface area contributed by atoms with Gasteiger partial charge in [0, 0.05) is 18.9 Å². The molecule has 0 radical (unpaired) electrons. The largest absolute Gasteiger partial charge is 0.439 e. The standard InChI is InChI=1S/C13H14N2O2/c1-10-14-8-6-13(15-10)17-12-5-3-2-4-11(12)7-9-16/h2-6,8,16H,7,9H2,1H3. The van der Waals surface area contributed by atoms with E-state index in [0.717, 1.165) is 11.3 Å². The maximum absolute atomic E-state index is 8.97. The van der Waals surface area contributed by atoms with Crippen LogP contribution in [0.2, 0.25) is 0 Å². The minimum absolute atomic E-state index is 0.100. The molecule has 0 saturated heterocycles. The fourth-order valence-electron chi connectivity index (χ4n) is 1.53. The van der Waals surface area contributed by atoms with Crippen molar-refractivity contribution in [1.29, 1.82) is 0 Å². The summed E-state index contributed by atoms with van der Waals surface area (Å²) in [6.45, 7) is 1.91. The molecular formula is C13H14N2O2. The zero-order valence-corrected chi connectivity index (χ0v) is 9.63. The first-order chi connectivity index (χ1) is 8.29. The highest BCUT2D eigenvalue weighted by molar-refractivity contribution is 5.36. The van der Waals surface area contributed by atoms with Gasteiger partial charge in [0.1, 0.15) is 11.6 Å². The second-order valence-electron chi connectivity index (χ2n) is 3.63. The van der Waals surface area contributed by atoms with Crippen LogP contribution >= 0.6 is 0 Å². The van der Waals surface area contributed by atoms with Crippen molar-refractivity contribution in [1.82, 2.24) is 9.97 Å². The van der Waals surface area contributed by atoms with Crippen LogP contribution in [0, 0.1) is 6.92 Å². The van der Waals surface area contributed by atoms with Crippen LogP contribution in [0.15, 0.2) is 36.5 Å². The normalized spacial score (nSPS) is 10.2. The molecule has 4 heteroatoms. The Morgan fingerprint density at radius 2 is 2.06 bits per heavy atom. The van der Waals surface area contributed by atoms with E-state index >= 15 is 0 Å². The van der Waals surface area contributed by atoms with E-state index in [1.165, 1.54) is 0 Å². The van der Waals surface area contributed by atoms with Gasteiger partial charge >= 0.3 is 0 Å². The number of ether oxygens (including phenoxy) is 1. The molecule has 0 aliphatic rings. The molecule has 1 aromatic carbocycles. The van der Waals surface area contributed by atoms with Crippen molar-refractivity contribution in [2.45, 2.75) is 13.3 Å². The number of aliphatic hydroxyl groups is 1. The summed E-state index contributed by atoms with van der Waals surface area (Å²) in [6.07, 6.45) is 2.23. The van der Waals surface area contributed by atoms with Crippen LogP contribution in [-0.4, -0.2) is 21.7 Å². The summed E-state index contributed by atoms with van der Waals surface area (Å²) in [5.74, 6) is 1.91. The Labute approximate surface area is 99.9 Å². The van der Waals surface area contributed by atoms with E-state index in [4.69, 9.17) is 9.84 Å². The Morgan fingerprint density at radius 3 is 2.82 bits per heavy atom. The Bertz CT molecular complexity index is 500. The van der Waals surface area contributed by atoms with Crippen LogP contribution in [0.25, 0.3) is 0 Å². The average Bonchev–Trinajstić information content (AvgIpc) is 2.32. The first-order valence-electron chi connectivity index (χ1n) is 5.46. The first kappa shape index (κ1) is 11.5. The number of aryl methyl sites for hydroxylation is 1. The Hall–Kier alpha value is -1.94. The fraction of sp³-hybridized carbons (Fsp3) is 0.231. The lowest BCUT2D eigenvalue weighted by molar-refractivity contribution is 0.297. The number of rotatable bonds is 4. The predicted octanol–water partition coefficient (Wildman–Crippen LogP) is 2.11. The number of aliphatic hydroxyl groups excluding tert-OH is 1. The van der Waals surface area contributed by atoms with Gasteiger partial charge in [0.05, 0.1) is 0 Å². The Balaban J connectivity index is 2.23. The molecule has 0 bridgehead atoms. The van der Waals surface area contributed by atoms with E-state index in [0.29, 0.717) is 18.1 Å². The number of hydrogen-bond donors (Lipinski definition) is 1. The first-order valence-corrected chi connectivity index (χ1v) is 5.46. The molecule has 0 aliphatic heterocycles. The third-order valence-corrected chi connectivity index (χ3v) is 2.32. The van der Waals surface area contributed by atoms with Gasteiger partial charge in [0.2, 0.25) is 5.88 Å². The van der Waals surface area contributed by atoms with Crippen molar-refractivity contribution in [3.8, 4) is 11.6 Å². The molecule has 1 heterocycles. The van der Waals surface area contributed by atoms with Gasteiger partial charge in [-0.2, -0.15) is 4.98 Å². The third kappa shape index (κ3) is 3.01. The number of para-hydroxylation sites is 1. The van der Waals surface area contributed by atoms with E-state index in [2.05, 4.69) is 9.97 Å². The Morgan fingerprint density at radius 1 is 1.24 bits per heavy atom. The van der Waals surface area contributed by atoms with Gasteiger partial charge in [0.25, 0.3) is 0 Å². The van der Waals surface area contributed by atoms with Gasteiger partial charge in [-0.3, -0.25) is 0 Å². The molecule has 1 N–H and O–H groups in total. The molecule has 0 aliphatic carbocycles. The summed E-state index contributed by atoms with van der Waals surface area (Å²) in [5.41, 5.74) is 0.964. The van der Waals surface area contributed by atoms with E-state index in [-0.39, 0.29) is 6.61 Å². The van der Waals surface area contributed by atoms with Crippen molar-refractivity contribution in [3.05, 3.63) is 47.9 Å². The second kappa shape index (κ2) is 5.41. The summed E-state index contributed by atoms with van der Waals surface area (Å²) in [7, 11) is 0. The van der Waals surface area contributed by atoms with Crippen molar-refractivity contribution < 1.29 is 9.84 Å². The lowest BCUT2D eigenvalue weighted by Gasteiger charge is -2.09. The third-order valence-electron chi connectivity index (χ3n) is 2.32. The van der Waals surface area contributed by atoms with Crippen LogP contribution in [0.5, 0.6) is 11.6 Å². The summed E-state index contributed by atoms with van der Waals surface area (Å²) >= 11 is 0. The molecule has 2 rings (SSSR count). The summed E-state index contributed by atoms with van der Waals surface area (Å²) < 4.78 is 5.68. The minimum Gasteiger partial charge on any atom is -0.439 e. The van der Waals surface area contributed by atoms with Gasteiger partial charge < -0.3 is 9.84 Å². The average molecular weight is 230 g/mol. The topological polar surface area (TPSA) is 55.2 Å². The minimum atomic E-state index is 0.100. The highest BCUT2D eigenvalue weighted by Gasteiger charge is 2.04. The Kier molecular flexibility index (Phi) is 3.67. The van der Waals surface area contributed by atoms with Crippen molar-refractivity contribution in [2.75, 3.05) is 6.61 Å². The van der Waals surface area contributed by atoms with E-state index in [1.54, 1.807) is 12.3 Å². The van der Waals surface area contributed by atoms with Gasteiger partial charge in [-0.1, -0.05) is 18.2 Å². The molecule has 0 spiro atoms. The molecule has 17 heavy (non-hydrogen) atoms. The number of aromatic nitrogens is 2. The van der Waals surface area contributed by atoms with Crippen LogP contribution in [0.1, 0.15) is 11.4 Å². The summed E-state index contributed by atoms with van der Waals surface area (Å²) in [5, 5.41) is 8.97. The number of hydrogen-bond acceptors (Lipinski definition) is 4. The van der Waals surface area contributed by atoms with Crippen molar-refractivity contribution >= 4 is 0 Å². The molecule has 0 saturated carbocycles. The monoisotopic (exact) mass is 230 g/mol. The maximum Gasteiger partial charge on any atom is 0.222 e. The van der Waals surface area contributed by atoms with Gasteiger partial charge in [-0.05, 0) is 25.0 Å². The van der Waals surface area contributed by atoms with Crippen molar-refractivity contribution in [2.24, 2.45) is 0 Å². The molecule has 2 aromatic rings. The summed E-state index contributed by atoms with van der Waals surface area (Å²) in [6, 6.07) is 9.32. The molecule has 0 atom stereocenters. The van der Waals surface area contributed by atoms with Crippen molar-refractivity contribution in [3.63, 3.8) is 0 Å². The summed E-state index contributed by atoms with van der Waals surface area (Å²) in [4.78, 5) is 8.18. The van der Waals surface area contributed by atoms with E-state index in [1.807, 2.05) is 31.2 Å². The number of nitrogens with zero attached hydrogens (tertiary/aromatic N) is 2. The van der Waals surface area contributed by atoms with Gasteiger partial charge in [0.15, 0.2) is 0 Å². The van der Waals surface area contributed by atoms with Crippen LogP contribution in [-0.2, 0) is 6.42 Å². The van der Waals surface area contributed by atoms with Gasteiger partial charge in [-0.15, -0.1) is 0 Å². The molecular weight excluding hydrogens is 216 g/mol. The maximum atomic E-state index is 8.97. The van der Waals surface area contributed by atoms with Gasteiger partial charge in [-0.25, -0.2) is 4.98 Å². The zero-order valence-electron chi connectivity index (χ0n) is 9.63.